The smallest absolute Gasteiger partial charge is 0.382 e. The van der Waals surface area contributed by atoms with Gasteiger partial charge in [0, 0.05) is 11.8 Å². The Morgan fingerprint density at radius 2 is 1.82 bits per heavy atom. The van der Waals surface area contributed by atoms with Crippen LogP contribution in [0, 0.1) is 17.0 Å². The maximum Gasteiger partial charge on any atom is 0.416 e. The van der Waals surface area contributed by atoms with Crippen LogP contribution in [0.5, 0.6) is 0 Å². The van der Waals surface area contributed by atoms with E-state index in [0.717, 1.165) is 17.7 Å². The molecule has 1 aromatic heterocycles. The number of alkyl halides is 3. The van der Waals surface area contributed by atoms with Gasteiger partial charge in [-0.25, -0.2) is 9.97 Å². The summed E-state index contributed by atoms with van der Waals surface area (Å²) in [4.78, 5) is 19.0. The second kappa shape index (κ2) is 7.14. The molecule has 0 aliphatic rings. The number of aromatic nitrogens is 2. The van der Waals surface area contributed by atoms with Gasteiger partial charge in [-0.3, -0.25) is 10.1 Å². The third-order valence-corrected chi connectivity index (χ3v) is 3.89. The molecule has 0 radical (unpaired) electrons. The third kappa shape index (κ3) is 4.00. The van der Waals surface area contributed by atoms with E-state index in [0.29, 0.717) is 5.69 Å². The van der Waals surface area contributed by atoms with Crippen LogP contribution in [0.15, 0.2) is 48.7 Å². The highest BCUT2D eigenvalue weighted by atomic mass is 19.4. The molecule has 3 rings (SSSR count). The minimum Gasteiger partial charge on any atom is -0.382 e. The number of aryl methyl sites for hydroxylation is 1. The van der Waals surface area contributed by atoms with Crippen molar-refractivity contribution >= 4 is 23.0 Å². The summed E-state index contributed by atoms with van der Waals surface area (Å²) in [6.45, 7) is 1.78. The molecule has 2 aromatic carbocycles. The van der Waals surface area contributed by atoms with Crippen LogP contribution < -0.4 is 11.1 Å². The molecule has 144 valence electrons. The number of anilines is 3. The van der Waals surface area contributed by atoms with Crippen molar-refractivity contribution in [3.63, 3.8) is 0 Å². The molecule has 0 unspecified atom stereocenters. The van der Waals surface area contributed by atoms with Crippen LogP contribution in [0.4, 0.5) is 36.2 Å². The molecule has 0 atom stereocenters. The quantitative estimate of drug-likeness (QED) is 0.495. The fraction of sp³-hybridized carbons (Fsp3) is 0.111. The molecule has 0 aliphatic heterocycles. The van der Waals surface area contributed by atoms with Crippen molar-refractivity contribution in [3.8, 4) is 11.3 Å². The van der Waals surface area contributed by atoms with Crippen LogP contribution in [0.25, 0.3) is 11.3 Å². The standard InChI is InChI=1S/C18H14F3N5O2/c1-10-2-7-14(26(27)28)13(8-10)16-17(22)25-15(9-23-16)24-12-5-3-11(4-6-12)18(19,20)21/h2-9H,1H3,(H3,22,24,25). The van der Waals surface area contributed by atoms with E-state index in [4.69, 9.17) is 5.73 Å². The van der Waals surface area contributed by atoms with Crippen molar-refractivity contribution in [2.24, 2.45) is 0 Å². The predicted molar refractivity (Wildman–Crippen MR) is 98.0 cm³/mol. The van der Waals surface area contributed by atoms with Crippen LogP contribution in [-0.4, -0.2) is 14.9 Å². The number of halogens is 3. The fourth-order valence-corrected chi connectivity index (χ4v) is 2.56. The molecule has 0 spiro atoms. The molecule has 7 nitrogen and oxygen atoms in total. The van der Waals surface area contributed by atoms with Crippen LogP contribution >= 0.6 is 0 Å². The zero-order chi connectivity index (χ0) is 20.5. The van der Waals surface area contributed by atoms with Crippen molar-refractivity contribution in [3.05, 3.63) is 69.9 Å². The van der Waals surface area contributed by atoms with Crippen LogP contribution in [-0.2, 0) is 6.18 Å². The highest BCUT2D eigenvalue weighted by molar-refractivity contribution is 5.79. The minimum atomic E-state index is -4.42. The second-order valence-electron chi connectivity index (χ2n) is 5.97. The van der Waals surface area contributed by atoms with Gasteiger partial charge in [0.2, 0.25) is 0 Å². The highest BCUT2D eigenvalue weighted by Crippen LogP contribution is 2.33. The maximum absolute atomic E-state index is 12.6. The number of nitro groups is 1. The molecule has 0 saturated carbocycles. The van der Waals surface area contributed by atoms with Crippen molar-refractivity contribution in [2.45, 2.75) is 13.1 Å². The van der Waals surface area contributed by atoms with Gasteiger partial charge in [0.1, 0.15) is 5.69 Å². The number of rotatable bonds is 4. The summed E-state index contributed by atoms with van der Waals surface area (Å²) < 4.78 is 37.8. The van der Waals surface area contributed by atoms with Crippen molar-refractivity contribution in [1.82, 2.24) is 9.97 Å². The molecule has 0 amide bonds. The minimum absolute atomic E-state index is 0.0504. The van der Waals surface area contributed by atoms with E-state index in [-0.39, 0.29) is 28.6 Å². The van der Waals surface area contributed by atoms with Gasteiger partial charge in [0.15, 0.2) is 11.6 Å². The van der Waals surface area contributed by atoms with E-state index in [1.165, 1.54) is 24.4 Å². The zero-order valence-electron chi connectivity index (χ0n) is 14.5. The Kier molecular flexibility index (Phi) is 4.87. The third-order valence-electron chi connectivity index (χ3n) is 3.89. The lowest BCUT2D eigenvalue weighted by molar-refractivity contribution is -0.384. The SMILES string of the molecule is Cc1ccc([N+](=O)[O-])c(-c2ncc(Nc3ccc(C(F)(F)F)cc3)nc2N)c1. The molecule has 3 aromatic rings. The largest absolute Gasteiger partial charge is 0.416 e. The first-order valence-corrected chi connectivity index (χ1v) is 7.97. The van der Waals surface area contributed by atoms with Gasteiger partial charge in [0.05, 0.1) is 22.2 Å². The second-order valence-corrected chi connectivity index (χ2v) is 5.97. The van der Waals surface area contributed by atoms with Gasteiger partial charge in [-0.1, -0.05) is 6.07 Å². The Morgan fingerprint density at radius 1 is 1.14 bits per heavy atom. The van der Waals surface area contributed by atoms with Gasteiger partial charge in [-0.2, -0.15) is 13.2 Å². The van der Waals surface area contributed by atoms with E-state index < -0.39 is 16.7 Å². The summed E-state index contributed by atoms with van der Waals surface area (Å²) in [5.74, 6) is 0.141. The fourth-order valence-electron chi connectivity index (χ4n) is 2.56. The van der Waals surface area contributed by atoms with Crippen molar-refractivity contribution < 1.29 is 18.1 Å². The normalized spacial score (nSPS) is 11.3. The molecule has 0 aliphatic carbocycles. The first kappa shape index (κ1) is 19.1. The molecule has 1 heterocycles. The number of benzene rings is 2. The van der Waals surface area contributed by atoms with Crippen molar-refractivity contribution in [2.75, 3.05) is 11.1 Å². The molecule has 28 heavy (non-hydrogen) atoms. The summed E-state index contributed by atoms with van der Waals surface area (Å²) >= 11 is 0. The summed E-state index contributed by atoms with van der Waals surface area (Å²) in [6, 6.07) is 8.92. The lowest BCUT2D eigenvalue weighted by Crippen LogP contribution is -2.05. The molecular formula is C18H14F3N5O2. The lowest BCUT2D eigenvalue weighted by atomic mass is 10.1. The first-order valence-electron chi connectivity index (χ1n) is 7.97. The number of hydrogen-bond donors (Lipinski definition) is 2. The molecule has 3 N–H and O–H groups in total. The van der Waals surface area contributed by atoms with Gasteiger partial charge < -0.3 is 11.1 Å². The average Bonchev–Trinajstić information content (AvgIpc) is 2.61. The van der Waals surface area contributed by atoms with E-state index in [1.807, 2.05) is 0 Å². The summed E-state index contributed by atoms with van der Waals surface area (Å²) in [5.41, 5.74) is 6.51. The molecule has 0 bridgehead atoms. The summed E-state index contributed by atoms with van der Waals surface area (Å²) in [5, 5.41) is 14.0. The average molecular weight is 389 g/mol. The Hall–Kier alpha value is -3.69. The van der Waals surface area contributed by atoms with Crippen LogP contribution in [0.3, 0.4) is 0 Å². The topological polar surface area (TPSA) is 107 Å². The number of nitrogens with zero attached hydrogens (tertiary/aromatic N) is 3. The number of nitro benzene ring substituents is 1. The summed E-state index contributed by atoms with van der Waals surface area (Å²) in [6.07, 6.45) is -3.12. The summed E-state index contributed by atoms with van der Waals surface area (Å²) in [7, 11) is 0. The Morgan fingerprint density at radius 3 is 2.39 bits per heavy atom. The number of hydrogen-bond acceptors (Lipinski definition) is 6. The van der Waals surface area contributed by atoms with Crippen LogP contribution in [0.2, 0.25) is 0 Å². The number of nitrogens with one attached hydrogen (secondary N) is 1. The predicted octanol–water partition coefficient (Wildman–Crippen LogP) is 4.70. The zero-order valence-corrected chi connectivity index (χ0v) is 14.5. The van der Waals surface area contributed by atoms with Gasteiger partial charge in [-0.15, -0.1) is 0 Å². The lowest BCUT2D eigenvalue weighted by Gasteiger charge is -2.11. The van der Waals surface area contributed by atoms with Crippen LogP contribution in [0.1, 0.15) is 11.1 Å². The Labute approximate surface area is 157 Å². The van der Waals surface area contributed by atoms with Gasteiger partial charge >= 0.3 is 6.18 Å². The molecule has 10 heteroatoms. The van der Waals surface area contributed by atoms with E-state index in [2.05, 4.69) is 15.3 Å². The molecular weight excluding hydrogens is 375 g/mol. The maximum atomic E-state index is 12.6. The van der Waals surface area contributed by atoms with Crippen molar-refractivity contribution in [1.29, 1.82) is 0 Å². The van der Waals surface area contributed by atoms with Gasteiger partial charge in [-0.05, 0) is 42.8 Å². The Balaban J connectivity index is 1.90. The van der Waals surface area contributed by atoms with Gasteiger partial charge in [0.25, 0.3) is 5.69 Å². The number of nitrogen functional groups attached to an aromatic ring is 1. The van der Waals surface area contributed by atoms with E-state index in [9.17, 15) is 23.3 Å². The van der Waals surface area contributed by atoms with E-state index in [1.54, 1.807) is 19.1 Å². The number of nitrogens with two attached hydrogens (primary N) is 1. The highest BCUT2D eigenvalue weighted by Gasteiger charge is 2.30. The molecule has 0 fully saturated rings. The monoisotopic (exact) mass is 389 g/mol. The molecule has 0 saturated heterocycles. The Bertz CT molecular complexity index is 1040. The van der Waals surface area contributed by atoms with E-state index >= 15 is 0 Å². The first-order chi connectivity index (χ1) is 13.1.